The Bertz CT molecular complexity index is 1070. The molecule has 0 aliphatic carbocycles. The molecule has 0 amide bonds. The predicted molar refractivity (Wildman–Crippen MR) is 106 cm³/mol. The second-order valence-corrected chi connectivity index (χ2v) is 7.73. The van der Waals surface area contributed by atoms with Crippen molar-refractivity contribution in [3.8, 4) is 0 Å². The van der Waals surface area contributed by atoms with Crippen LogP contribution in [0.2, 0.25) is 5.15 Å². The number of ketones is 1. The molecule has 1 aliphatic heterocycles. The second-order valence-electron chi connectivity index (χ2n) is 7.37. The molecule has 1 saturated heterocycles. The molecule has 0 saturated carbocycles. The minimum Gasteiger partial charge on any atom is -0.385 e. The molecule has 3 aromatic rings. The number of hydrogen-bond acceptors (Lipinski definition) is 7. The SMILES string of the molecule is C[C@@]1(O)[C@@H](C(=O)Cc2cccc(CN)c2)O[C@@H](n2ccc3c(Cl)ncnc32)[C@@H]1O. The fraction of sp³-hybridized carbons (Fsp3) is 0.350. The Labute approximate surface area is 171 Å². The molecule has 1 fully saturated rings. The molecule has 1 aliphatic rings. The third kappa shape index (κ3) is 3.43. The summed E-state index contributed by atoms with van der Waals surface area (Å²) in [6, 6.07) is 9.04. The van der Waals surface area contributed by atoms with Gasteiger partial charge in [-0.2, -0.15) is 0 Å². The van der Waals surface area contributed by atoms with Crippen LogP contribution in [0.15, 0.2) is 42.9 Å². The average Bonchev–Trinajstić information content (AvgIpc) is 3.22. The molecule has 3 heterocycles. The summed E-state index contributed by atoms with van der Waals surface area (Å²) in [4.78, 5) is 21.0. The van der Waals surface area contributed by atoms with Crippen LogP contribution in [0.4, 0.5) is 0 Å². The number of Topliss-reactive ketones (excluding diaryl/α,β-unsaturated/α-hetero) is 1. The number of aromatic nitrogens is 3. The first-order valence-electron chi connectivity index (χ1n) is 9.16. The molecule has 152 valence electrons. The minimum absolute atomic E-state index is 0.0501. The zero-order chi connectivity index (χ0) is 20.8. The van der Waals surface area contributed by atoms with E-state index >= 15 is 0 Å². The van der Waals surface area contributed by atoms with Gasteiger partial charge in [-0.25, -0.2) is 9.97 Å². The number of ether oxygens (including phenoxy) is 1. The van der Waals surface area contributed by atoms with E-state index < -0.39 is 24.0 Å². The van der Waals surface area contributed by atoms with Crippen molar-refractivity contribution in [2.75, 3.05) is 0 Å². The molecule has 0 unspecified atom stereocenters. The van der Waals surface area contributed by atoms with Crippen molar-refractivity contribution in [1.29, 1.82) is 0 Å². The summed E-state index contributed by atoms with van der Waals surface area (Å²) in [5.41, 5.74) is 5.99. The van der Waals surface area contributed by atoms with Gasteiger partial charge in [-0.3, -0.25) is 4.79 Å². The Hall–Kier alpha value is -2.36. The molecule has 0 spiro atoms. The number of benzene rings is 1. The molecule has 4 rings (SSSR count). The van der Waals surface area contributed by atoms with E-state index in [0.29, 0.717) is 17.6 Å². The number of aliphatic hydroxyl groups excluding tert-OH is 1. The normalized spacial score (nSPS) is 26.9. The maximum atomic E-state index is 12.9. The number of hydrogen-bond donors (Lipinski definition) is 3. The highest BCUT2D eigenvalue weighted by Crippen LogP contribution is 2.39. The van der Waals surface area contributed by atoms with Crippen molar-refractivity contribution in [2.45, 2.75) is 43.9 Å². The highest BCUT2D eigenvalue weighted by atomic mass is 35.5. The Kier molecular flexibility index (Phi) is 5.14. The summed E-state index contributed by atoms with van der Waals surface area (Å²) in [6.45, 7) is 1.76. The van der Waals surface area contributed by atoms with Gasteiger partial charge in [0.05, 0.1) is 5.39 Å². The van der Waals surface area contributed by atoms with E-state index in [0.717, 1.165) is 11.1 Å². The van der Waals surface area contributed by atoms with Crippen LogP contribution >= 0.6 is 11.6 Å². The Morgan fingerprint density at radius 3 is 2.86 bits per heavy atom. The summed E-state index contributed by atoms with van der Waals surface area (Å²) >= 11 is 6.08. The van der Waals surface area contributed by atoms with Crippen molar-refractivity contribution < 1.29 is 19.7 Å². The highest BCUT2D eigenvalue weighted by Gasteiger charge is 2.55. The minimum atomic E-state index is -1.78. The summed E-state index contributed by atoms with van der Waals surface area (Å²) in [5.74, 6) is -0.338. The molecule has 0 bridgehead atoms. The third-order valence-corrected chi connectivity index (χ3v) is 5.61. The number of nitrogens with zero attached hydrogens (tertiary/aromatic N) is 3. The van der Waals surface area contributed by atoms with Crippen LogP contribution in [-0.2, 0) is 22.5 Å². The van der Waals surface area contributed by atoms with Crippen molar-refractivity contribution in [2.24, 2.45) is 5.73 Å². The van der Waals surface area contributed by atoms with Crippen molar-refractivity contribution in [1.82, 2.24) is 14.5 Å². The number of rotatable bonds is 5. The second kappa shape index (κ2) is 7.47. The standard InChI is InChI=1S/C20H21ClN4O4/c1-20(28)15(27)19(25-6-5-13-17(21)23-10-24-18(13)25)29-16(20)14(26)8-11-3-2-4-12(7-11)9-22/h2-7,10,15-16,19,27-28H,8-9,22H2,1H3/t15-,16+,19+,20-/m0/s1. The fourth-order valence-electron chi connectivity index (χ4n) is 3.72. The van der Waals surface area contributed by atoms with E-state index in [1.807, 2.05) is 24.3 Å². The summed E-state index contributed by atoms with van der Waals surface area (Å²) < 4.78 is 7.40. The van der Waals surface area contributed by atoms with Gasteiger partial charge >= 0.3 is 0 Å². The van der Waals surface area contributed by atoms with Gasteiger partial charge in [0.2, 0.25) is 0 Å². The van der Waals surface area contributed by atoms with E-state index in [1.165, 1.54) is 13.3 Å². The zero-order valence-electron chi connectivity index (χ0n) is 15.7. The summed E-state index contributed by atoms with van der Waals surface area (Å²) in [6.07, 6.45) is -0.581. The molecule has 8 nitrogen and oxygen atoms in total. The van der Waals surface area contributed by atoms with E-state index in [9.17, 15) is 15.0 Å². The molecule has 1 aromatic carbocycles. The molecule has 2 aromatic heterocycles. The maximum absolute atomic E-state index is 12.9. The van der Waals surface area contributed by atoms with Crippen molar-refractivity contribution in [3.63, 3.8) is 0 Å². The lowest BCUT2D eigenvalue weighted by Gasteiger charge is -2.25. The monoisotopic (exact) mass is 416 g/mol. The Morgan fingerprint density at radius 1 is 1.34 bits per heavy atom. The average molecular weight is 417 g/mol. The number of aliphatic hydroxyl groups is 2. The number of fused-ring (bicyclic) bond motifs is 1. The van der Waals surface area contributed by atoms with Gasteiger partial charge in [-0.1, -0.05) is 35.9 Å². The Balaban J connectivity index is 1.62. The first-order valence-corrected chi connectivity index (χ1v) is 9.54. The van der Waals surface area contributed by atoms with Gasteiger partial charge in [-0.15, -0.1) is 0 Å². The smallest absolute Gasteiger partial charge is 0.169 e. The van der Waals surface area contributed by atoms with E-state index in [-0.39, 0.29) is 17.4 Å². The topological polar surface area (TPSA) is 123 Å². The number of carbonyl (C=O) groups excluding carboxylic acids is 1. The van der Waals surface area contributed by atoms with Crippen LogP contribution < -0.4 is 5.73 Å². The molecule has 4 N–H and O–H groups in total. The molecular formula is C20H21ClN4O4. The molecule has 29 heavy (non-hydrogen) atoms. The molecule has 0 radical (unpaired) electrons. The third-order valence-electron chi connectivity index (χ3n) is 5.31. The van der Waals surface area contributed by atoms with Gasteiger partial charge in [0.25, 0.3) is 0 Å². The zero-order valence-corrected chi connectivity index (χ0v) is 16.5. The predicted octanol–water partition coefficient (Wildman–Crippen LogP) is 1.36. The first-order chi connectivity index (χ1) is 13.8. The quantitative estimate of drug-likeness (QED) is 0.536. The lowest BCUT2D eigenvalue weighted by molar-refractivity contribution is -0.140. The molecular weight excluding hydrogens is 396 g/mol. The van der Waals surface area contributed by atoms with Gasteiger partial charge in [0, 0.05) is 19.2 Å². The van der Waals surface area contributed by atoms with Crippen LogP contribution in [0.5, 0.6) is 0 Å². The lowest BCUT2D eigenvalue weighted by atomic mass is 9.89. The lowest BCUT2D eigenvalue weighted by Crippen LogP contribution is -2.48. The van der Waals surface area contributed by atoms with Gasteiger partial charge < -0.3 is 25.3 Å². The van der Waals surface area contributed by atoms with Crippen LogP contribution in [0.1, 0.15) is 24.3 Å². The van der Waals surface area contributed by atoms with Crippen LogP contribution in [0.3, 0.4) is 0 Å². The largest absolute Gasteiger partial charge is 0.385 e. The van der Waals surface area contributed by atoms with Crippen LogP contribution in [0.25, 0.3) is 11.0 Å². The summed E-state index contributed by atoms with van der Waals surface area (Å²) in [5, 5.41) is 22.5. The highest BCUT2D eigenvalue weighted by molar-refractivity contribution is 6.33. The van der Waals surface area contributed by atoms with E-state index in [2.05, 4.69) is 9.97 Å². The van der Waals surface area contributed by atoms with Gasteiger partial charge in [-0.05, 0) is 24.1 Å². The van der Waals surface area contributed by atoms with E-state index in [1.54, 1.807) is 16.8 Å². The number of nitrogens with two attached hydrogens (primary N) is 1. The van der Waals surface area contributed by atoms with Gasteiger partial charge in [0.15, 0.2) is 12.0 Å². The van der Waals surface area contributed by atoms with Crippen molar-refractivity contribution in [3.05, 3.63) is 59.1 Å². The number of halogens is 1. The van der Waals surface area contributed by atoms with Crippen LogP contribution in [0, 0.1) is 0 Å². The first kappa shape index (κ1) is 19.9. The van der Waals surface area contributed by atoms with Crippen LogP contribution in [-0.4, -0.2) is 48.3 Å². The summed E-state index contributed by atoms with van der Waals surface area (Å²) in [7, 11) is 0. The Morgan fingerprint density at radius 2 is 2.10 bits per heavy atom. The van der Waals surface area contributed by atoms with Crippen molar-refractivity contribution >= 4 is 28.4 Å². The van der Waals surface area contributed by atoms with Gasteiger partial charge in [0.1, 0.15) is 34.9 Å². The maximum Gasteiger partial charge on any atom is 0.169 e. The molecule has 4 atom stereocenters. The van der Waals surface area contributed by atoms with E-state index in [4.69, 9.17) is 22.1 Å². The fourth-order valence-corrected chi connectivity index (χ4v) is 3.91. The number of carbonyl (C=O) groups is 1. The molecule has 9 heteroatoms.